The molecule has 1 aromatic heterocycles. The highest BCUT2D eigenvalue weighted by molar-refractivity contribution is 5.26. The smallest absolute Gasteiger partial charge is 0.386 e. The second-order valence-corrected chi connectivity index (χ2v) is 4.29. The van der Waals surface area contributed by atoms with Crippen molar-refractivity contribution < 1.29 is 23.2 Å². The molecule has 0 unspecified atom stereocenters. The van der Waals surface area contributed by atoms with Gasteiger partial charge in [-0.1, -0.05) is 12.1 Å². The number of alkyl halides is 3. The Morgan fingerprint density at radius 1 is 1.29 bits per heavy atom. The average Bonchev–Trinajstić information content (AvgIpc) is 2.86. The molecule has 0 bridgehead atoms. The number of aromatic nitrogens is 2. The first-order chi connectivity index (χ1) is 9.77. The van der Waals surface area contributed by atoms with E-state index in [4.69, 9.17) is 0 Å². The van der Waals surface area contributed by atoms with Crippen LogP contribution in [0.15, 0.2) is 36.5 Å². The number of halogens is 3. The lowest BCUT2D eigenvalue weighted by Crippen LogP contribution is -2.10. The molecule has 9 heteroatoms. The van der Waals surface area contributed by atoms with E-state index in [0.29, 0.717) is 0 Å². The van der Waals surface area contributed by atoms with Gasteiger partial charge in [-0.2, -0.15) is 17.9 Å². The normalized spacial score (nSPS) is 13.1. The van der Waals surface area contributed by atoms with Crippen molar-refractivity contribution in [3.63, 3.8) is 0 Å². The van der Waals surface area contributed by atoms with Gasteiger partial charge in [-0.15, -0.1) is 0 Å². The quantitative estimate of drug-likeness (QED) is 0.695. The third-order valence-corrected chi connectivity index (χ3v) is 2.80. The lowest BCUT2D eigenvalue weighted by atomic mass is 10.1. The third kappa shape index (κ3) is 3.57. The van der Waals surface area contributed by atoms with E-state index in [1.807, 2.05) is 0 Å². The second kappa shape index (κ2) is 5.52. The summed E-state index contributed by atoms with van der Waals surface area (Å²) in [6.45, 7) is -0.0980. The Morgan fingerprint density at radius 3 is 2.38 bits per heavy atom. The summed E-state index contributed by atoms with van der Waals surface area (Å²) in [5.41, 5.74) is -0.547. The molecule has 21 heavy (non-hydrogen) atoms. The van der Waals surface area contributed by atoms with Crippen molar-refractivity contribution in [1.29, 1.82) is 0 Å². The summed E-state index contributed by atoms with van der Waals surface area (Å²) in [4.78, 5) is 9.78. The van der Waals surface area contributed by atoms with E-state index in [0.717, 1.165) is 28.9 Å². The molecule has 0 radical (unpaired) electrons. The van der Waals surface area contributed by atoms with E-state index in [9.17, 15) is 28.4 Å². The summed E-state index contributed by atoms with van der Waals surface area (Å²) in [5, 5.41) is 24.0. The van der Waals surface area contributed by atoms with Crippen LogP contribution < -0.4 is 0 Å². The summed E-state index contributed by atoms with van der Waals surface area (Å²) in [6, 6.07) is 5.21. The highest BCUT2D eigenvalue weighted by atomic mass is 19.4. The fourth-order valence-corrected chi connectivity index (χ4v) is 1.73. The van der Waals surface area contributed by atoms with Crippen molar-refractivity contribution in [2.24, 2.45) is 0 Å². The van der Waals surface area contributed by atoms with Crippen molar-refractivity contribution in [3.8, 4) is 0 Å². The van der Waals surface area contributed by atoms with Crippen LogP contribution in [0.4, 0.5) is 19.0 Å². The number of aliphatic hydroxyl groups excluding tert-OH is 1. The predicted molar refractivity (Wildman–Crippen MR) is 65.3 cm³/mol. The van der Waals surface area contributed by atoms with Gasteiger partial charge >= 0.3 is 12.0 Å². The highest BCUT2D eigenvalue weighted by Gasteiger charge is 2.30. The molecule has 1 N–H and O–H groups in total. The molecule has 0 aliphatic carbocycles. The van der Waals surface area contributed by atoms with Crippen LogP contribution in [-0.4, -0.2) is 19.8 Å². The number of hydrogen-bond acceptors (Lipinski definition) is 4. The zero-order chi connectivity index (χ0) is 15.6. The van der Waals surface area contributed by atoms with Crippen LogP contribution in [-0.2, 0) is 12.7 Å². The molecule has 0 spiro atoms. The van der Waals surface area contributed by atoms with Crippen molar-refractivity contribution in [2.45, 2.75) is 18.8 Å². The Morgan fingerprint density at radius 2 is 1.90 bits per heavy atom. The average molecular weight is 301 g/mol. The Hall–Kier alpha value is -2.42. The molecule has 0 fully saturated rings. The number of aliphatic hydroxyl groups is 1. The van der Waals surface area contributed by atoms with E-state index >= 15 is 0 Å². The van der Waals surface area contributed by atoms with Gasteiger partial charge in [0.1, 0.15) is 6.10 Å². The van der Waals surface area contributed by atoms with E-state index < -0.39 is 22.8 Å². The van der Waals surface area contributed by atoms with E-state index in [2.05, 4.69) is 5.10 Å². The fourth-order valence-electron chi connectivity index (χ4n) is 1.73. The topological polar surface area (TPSA) is 81.2 Å². The van der Waals surface area contributed by atoms with E-state index in [1.165, 1.54) is 12.3 Å². The first-order valence-corrected chi connectivity index (χ1v) is 5.80. The molecule has 0 aliphatic heterocycles. The van der Waals surface area contributed by atoms with Gasteiger partial charge in [0.25, 0.3) is 0 Å². The zero-order valence-corrected chi connectivity index (χ0v) is 10.5. The minimum absolute atomic E-state index is 0.0980. The molecule has 112 valence electrons. The fraction of sp³-hybridized carbons (Fsp3) is 0.250. The van der Waals surface area contributed by atoms with Crippen LogP contribution in [0, 0.1) is 10.1 Å². The van der Waals surface area contributed by atoms with Gasteiger partial charge < -0.3 is 15.2 Å². The number of rotatable bonds is 4. The van der Waals surface area contributed by atoms with Gasteiger partial charge in [-0.05, 0) is 22.6 Å². The third-order valence-electron chi connectivity index (χ3n) is 2.80. The Labute approximate surface area is 116 Å². The van der Waals surface area contributed by atoms with Gasteiger partial charge in [0.2, 0.25) is 0 Å². The zero-order valence-electron chi connectivity index (χ0n) is 10.5. The number of benzene rings is 1. The Kier molecular flexibility index (Phi) is 3.94. The molecule has 1 atom stereocenters. The van der Waals surface area contributed by atoms with Crippen LogP contribution in [0.2, 0.25) is 0 Å². The van der Waals surface area contributed by atoms with Crippen LogP contribution >= 0.6 is 0 Å². The van der Waals surface area contributed by atoms with Crippen molar-refractivity contribution in [1.82, 2.24) is 9.78 Å². The molecule has 0 aliphatic rings. The Bertz CT molecular complexity index is 637. The van der Waals surface area contributed by atoms with Gasteiger partial charge in [-0.3, -0.25) is 0 Å². The van der Waals surface area contributed by atoms with Gasteiger partial charge in [0.15, 0.2) is 0 Å². The monoisotopic (exact) mass is 301 g/mol. The molecule has 0 saturated heterocycles. The lowest BCUT2D eigenvalue weighted by molar-refractivity contribution is -0.389. The molecule has 0 amide bonds. The number of hydrogen-bond donors (Lipinski definition) is 1. The first-order valence-electron chi connectivity index (χ1n) is 5.80. The maximum atomic E-state index is 12.4. The lowest BCUT2D eigenvalue weighted by Gasteiger charge is -2.11. The molecular formula is C12H10F3N3O3. The maximum absolute atomic E-state index is 12.4. The van der Waals surface area contributed by atoms with Gasteiger partial charge in [0, 0.05) is 0 Å². The largest absolute Gasteiger partial charge is 0.416 e. The number of nitrogens with zero attached hydrogens (tertiary/aromatic N) is 3. The second-order valence-electron chi connectivity index (χ2n) is 4.29. The van der Waals surface area contributed by atoms with E-state index in [-0.39, 0.29) is 17.9 Å². The molecule has 1 heterocycles. The minimum Gasteiger partial charge on any atom is -0.386 e. The van der Waals surface area contributed by atoms with Crippen LogP contribution in [0.3, 0.4) is 0 Å². The van der Waals surface area contributed by atoms with E-state index in [1.54, 1.807) is 0 Å². The molecule has 6 nitrogen and oxygen atoms in total. The van der Waals surface area contributed by atoms with Crippen LogP contribution in [0.5, 0.6) is 0 Å². The first kappa shape index (κ1) is 15.0. The highest BCUT2D eigenvalue weighted by Crippen LogP contribution is 2.30. The summed E-state index contributed by atoms with van der Waals surface area (Å²) in [6.07, 6.45) is -4.25. The SMILES string of the molecule is O=[N+]([O-])c1ccn(C[C@H](O)c2ccc(C(F)(F)F)cc2)n1. The summed E-state index contributed by atoms with van der Waals surface area (Å²) < 4.78 is 38.4. The molecular weight excluding hydrogens is 291 g/mol. The standard InChI is InChI=1S/C12H10F3N3O3/c13-12(14,15)9-3-1-8(2-4-9)10(19)7-17-6-5-11(16-17)18(20)21/h1-6,10,19H,7H2/t10-/m0/s1. The maximum Gasteiger partial charge on any atom is 0.416 e. The summed E-state index contributed by atoms with van der Waals surface area (Å²) in [7, 11) is 0. The molecule has 0 saturated carbocycles. The molecule has 1 aromatic carbocycles. The summed E-state index contributed by atoms with van der Waals surface area (Å²) >= 11 is 0. The van der Waals surface area contributed by atoms with Crippen molar-refractivity contribution >= 4 is 5.82 Å². The van der Waals surface area contributed by atoms with Crippen LogP contribution in [0.25, 0.3) is 0 Å². The molecule has 2 aromatic rings. The van der Waals surface area contributed by atoms with Gasteiger partial charge in [-0.25, -0.2) is 0 Å². The van der Waals surface area contributed by atoms with Crippen molar-refractivity contribution in [2.75, 3.05) is 0 Å². The minimum atomic E-state index is -4.44. The van der Waals surface area contributed by atoms with Crippen molar-refractivity contribution in [3.05, 3.63) is 57.8 Å². The number of nitro groups is 1. The predicted octanol–water partition coefficient (Wildman–Crippen LogP) is 2.54. The van der Waals surface area contributed by atoms with Gasteiger partial charge in [0.05, 0.1) is 29.5 Å². The summed E-state index contributed by atoms with van der Waals surface area (Å²) in [5.74, 6) is -0.366. The van der Waals surface area contributed by atoms with Crippen LogP contribution in [0.1, 0.15) is 17.2 Å². The molecule has 2 rings (SSSR count). The Balaban J connectivity index is 2.09.